The monoisotopic (exact) mass is 419 g/mol. The van der Waals surface area contributed by atoms with Crippen LogP contribution in [0.5, 0.6) is 11.5 Å². The number of hydrogen-bond donors (Lipinski definition) is 1. The SMILES string of the molecule is COC(=O)C1(c2cccc(OC)c2)CCN(c2cnnc(-c3ccccc3O)c2)CC1. The first-order valence-corrected chi connectivity index (χ1v) is 10.2. The zero-order chi connectivity index (χ0) is 21.8. The van der Waals surface area contributed by atoms with Gasteiger partial charge in [-0.25, -0.2) is 0 Å². The maximum atomic E-state index is 12.9. The number of aromatic hydroxyl groups is 1. The molecule has 0 unspecified atom stereocenters. The number of aromatic nitrogens is 2. The molecule has 0 radical (unpaired) electrons. The number of rotatable bonds is 5. The minimum absolute atomic E-state index is 0.162. The molecule has 7 heteroatoms. The van der Waals surface area contributed by atoms with Gasteiger partial charge in [-0.15, -0.1) is 0 Å². The van der Waals surface area contributed by atoms with Crippen molar-refractivity contribution in [3.8, 4) is 22.8 Å². The van der Waals surface area contributed by atoms with Gasteiger partial charge >= 0.3 is 5.97 Å². The zero-order valence-corrected chi connectivity index (χ0v) is 17.6. The third-order valence-corrected chi connectivity index (χ3v) is 6.00. The van der Waals surface area contributed by atoms with Crippen molar-refractivity contribution in [1.82, 2.24) is 10.2 Å². The Hall–Kier alpha value is -3.61. The molecule has 160 valence electrons. The number of methoxy groups -OCH3 is 2. The molecule has 4 rings (SSSR count). The van der Waals surface area contributed by atoms with E-state index in [9.17, 15) is 9.90 Å². The maximum Gasteiger partial charge on any atom is 0.316 e. The molecule has 1 saturated heterocycles. The van der Waals surface area contributed by atoms with E-state index in [4.69, 9.17) is 9.47 Å². The second kappa shape index (κ2) is 8.63. The number of phenols is 1. The average Bonchev–Trinajstić information content (AvgIpc) is 2.84. The Kier molecular flexibility index (Phi) is 5.75. The lowest BCUT2D eigenvalue weighted by molar-refractivity contribution is -0.148. The molecule has 0 spiro atoms. The lowest BCUT2D eigenvalue weighted by atomic mass is 9.72. The number of carbonyl (C=O) groups excluding carboxylic acids is 1. The number of phenolic OH excluding ortho intramolecular Hbond substituents is 1. The summed E-state index contributed by atoms with van der Waals surface area (Å²) in [6.07, 6.45) is 2.91. The molecule has 7 nitrogen and oxygen atoms in total. The molecule has 2 heterocycles. The fraction of sp³-hybridized carbons (Fsp3) is 0.292. The van der Waals surface area contributed by atoms with Gasteiger partial charge in [0, 0.05) is 18.7 Å². The maximum absolute atomic E-state index is 12.9. The second-order valence-corrected chi connectivity index (χ2v) is 7.61. The average molecular weight is 419 g/mol. The van der Waals surface area contributed by atoms with Crippen LogP contribution in [0.3, 0.4) is 0 Å². The van der Waals surface area contributed by atoms with Crippen LogP contribution in [0.2, 0.25) is 0 Å². The molecular weight excluding hydrogens is 394 g/mol. The summed E-state index contributed by atoms with van der Waals surface area (Å²) >= 11 is 0. The van der Waals surface area contributed by atoms with E-state index in [1.54, 1.807) is 25.4 Å². The number of anilines is 1. The summed E-state index contributed by atoms with van der Waals surface area (Å²) in [6, 6.07) is 16.6. The van der Waals surface area contributed by atoms with Gasteiger partial charge in [-0.05, 0) is 48.7 Å². The first-order valence-electron chi connectivity index (χ1n) is 10.2. The van der Waals surface area contributed by atoms with E-state index >= 15 is 0 Å². The predicted octanol–water partition coefficient (Wildman–Crippen LogP) is 3.57. The molecule has 3 aromatic rings. The van der Waals surface area contributed by atoms with E-state index in [-0.39, 0.29) is 11.7 Å². The van der Waals surface area contributed by atoms with Gasteiger partial charge in [0.25, 0.3) is 0 Å². The summed E-state index contributed by atoms with van der Waals surface area (Å²) in [5, 5.41) is 18.5. The van der Waals surface area contributed by atoms with Crippen LogP contribution >= 0.6 is 0 Å². The fourth-order valence-electron chi connectivity index (χ4n) is 4.22. The van der Waals surface area contributed by atoms with Crippen LogP contribution in [-0.4, -0.2) is 48.6 Å². The highest BCUT2D eigenvalue weighted by atomic mass is 16.5. The Balaban J connectivity index is 1.60. The van der Waals surface area contributed by atoms with Crippen molar-refractivity contribution in [2.75, 3.05) is 32.2 Å². The largest absolute Gasteiger partial charge is 0.507 e. The van der Waals surface area contributed by atoms with Crippen LogP contribution in [0.15, 0.2) is 60.8 Å². The summed E-state index contributed by atoms with van der Waals surface area (Å²) in [5.41, 5.74) is 2.32. The zero-order valence-electron chi connectivity index (χ0n) is 17.6. The summed E-state index contributed by atoms with van der Waals surface area (Å²) < 4.78 is 10.6. The van der Waals surface area contributed by atoms with Crippen LogP contribution in [-0.2, 0) is 14.9 Å². The van der Waals surface area contributed by atoms with Crippen LogP contribution < -0.4 is 9.64 Å². The molecule has 31 heavy (non-hydrogen) atoms. The third kappa shape index (κ3) is 3.91. The van der Waals surface area contributed by atoms with Gasteiger partial charge in [0.1, 0.15) is 11.5 Å². The van der Waals surface area contributed by atoms with Gasteiger partial charge in [-0.2, -0.15) is 10.2 Å². The van der Waals surface area contributed by atoms with Gasteiger partial charge in [-0.1, -0.05) is 24.3 Å². The standard InChI is InChI=1S/C24H25N3O4/c1-30-19-7-5-6-17(14-19)24(23(29)31-2)10-12-27(13-11-24)18-15-21(26-25-16-18)20-8-3-4-9-22(20)28/h3-9,14-16,28H,10-13H2,1-2H3. The third-order valence-electron chi connectivity index (χ3n) is 6.00. The minimum atomic E-state index is -0.721. The van der Waals surface area contributed by atoms with Crippen molar-refractivity contribution in [2.45, 2.75) is 18.3 Å². The van der Waals surface area contributed by atoms with Gasteiger partial charge in [0.2, 0.25) is 0 Å². The molecule has 0 atom stereocenters. The van der Waals surface area contributed by atoms with Gasteiger partial charge < -0.3 is 19.5 Å². The highest BCUT2D eigenvalue weighted by Crippen LogP contribution is 2.39. The normalized spacial score (nSPS) is 15.4. The van der Waals surface area contributed by atoms with Crippen molar-refractivity contribution in [3.05, 3.63) is 66.4 Å². The molecule has 0 saturated carbocycles. The first-order chi connectivity index (χ1) is 15.1. The Morgan fingerprint density at radius 2 is 1.84 bits per heavy atom. The molecule has 1 aliphatic rings. The number of piperidine rings is 1. The Morgan fingerprint density at radius 3 is 2.55 bits per heavy atom. The molecule has 1 fully saturated rings. The number of ether oxygens (including phenoxy) is 2. The van der Waals surface area contributed by atoms with Crippen molar-refractivity contribution in [2.24, 2.45) is 0 Å². The predicted molar refractivity (Wildman–Crippen MR) is 117 cm³/mol. The molecule has 0 bridgehead atoms. The minimum Gasteiger partial charge on any atom is -0.507 e. The highest BCUT2D eigenvalue weighted by Gasteiger charge is 2.44. The quantitative estimate of drug-likeness (QED) is 0.633. The van der Waals surface area contributed by atoms with Crippen molar-refractivity contribution < 1.29 is 19.4 Å². The highest BCUT2D eigenvalue weighted by molar-refractivity contribution is 5.84. The van der Waals surface area contributed by atoms with E-state index in [0.29, 0.717) is 42.9 Å². The van der Waals surface area contributed by atoms with E-state index in [1.165, 1.54) is 7.11 Å². The molecular formula is C24H25N3O4. The summed E-state index contributed by atoms with van der Waals surface area (Å²) in [7, 11) is 3.05. The number of carbonyl (C=O) groups is 1. The number of esters is 1. The number of para-hydroxylation sites is 1. The van der Waals surface area contributed by atoms with Crippen molar-refractivity contribution in [1.29, 1.82) is 0 Å². The topological polar surface area (TPSA) is 84.8 Å². The Labute approximate surface area is 181 Å². The van der Waals surface area contributed by atoms with Crippen LogP contribution in [0, 0.1) is 0 Å². The lowest BCUT2D eigenvalue weighted by Gasteiger charge is -2.41. The van der Waals surface area contributed by atoms with E-state index < -0.39 is 5.41 Å². The lowest BCUT2D eigenvalue weighted by Crippen LogP contribution is -2.48. The Morgan fingerprint density at radius 1 is 1.06 bits per heavy atom. The van der Waals surface area contributed by atoms with Crippen LogP contribution in [0.1, 0.15) is 18.4 Å². The molecule has 0 amide bonds. The second-order valence-electron chi connectivity index (χ2n) is 7.61. The summed E-state index contributed by atoms with van der Waals surface area (Å²) in [5.74, 6) is 0.646. The van der Waals surface area contributed by atoms with E-state index in [0.717, 1.165) is 11.3 Å². The first kappa shape index (κ1) is 20.7. The van der Waals surface area contributed by atoms with Gasteiger partial charge in [-0.3, -0.25) is 4.79 Å². The van der Waals surface area contributed by atoms with Crippen LogP contribution in [0.4, 0.5) is 5.69 Å². The number of nitrogens with zero attached hydrogens (tertiary/aromatic N) is 3. The summed E-state index contributed by atoms with van der Waals surface area (Å²) in [4.78, 5) is 15.1. The Bertz CT molecular complexity index is 1080. The molecule has 1 N–H and O–H groups in total. The fourth-order valence-corrected chi connectivity index (χ4v) is 4.22. The molecule has 1 aromatic heterocycles. The molecule has 0 aliphatic carbocycles. The molecule has 2 aromatic carbocycles. The van der Waals surface area contributed by atoms with Crippen molar-refractivity contribution in [3.63, 3.8) is 0 Å². The summed E-state index contributed by atoms with van der Waals surface area (Å²) in [6.45, 7) is 1.30. The van der Waals surface area contributed by atoms with Crippen LogP contribution in [0.25, 0.3) is 11.3 Å². The molecule has 1 aliphatic heterocycles. The van der Waals surface area contributed by atoms with E-state index in [1.807, 2.05) is 42.5 Å². The van der Waals surface area contributed by atoms with Gasteiger partial charge in [0.05, 0.1) is 37.2 Å². The number of hydrogen-bond acceptors (Lipinski definition) is 7. The van der Waals surface area contributed by atoms with Gasteiger partial charge in [0.15, 0.2) is 0 Å². The van der Waals surface area contributed by atoms with Crippen molar-refractivity contribution >= 4 is 11.7 Å². The van der Waals surface area contributed by atoms with E-state index in [2.05, 4.69) is 15.1 Å². The number of benzene rings is 2. The smallest absolute Gasteiger partial charge is 0.316 e.